The maximum absolute atomic E-state index is 5.22. The number of allylic oxidation sites excluding steroid dienone is 3. The fourth-order valence-electron chi connectivity index (χ4n) is 0.948. The molecule has 0 aromatic rings. The molecule has 1 aliphatic carbocycles. The van der Waals surface area contributed by atoms with Gasteiger partial charge in [-0.05, 0) is 25.6 Å². The van der Waals surface area contributed by atoms with Crippen LogP contribution in [0, 0.1) is 0 Å². The molecule has 10 heavy (non-hydrogen) atoms. The molecule has 1 aliphatic rings. The van der Waals surface area contributed by atoms with E-state index in [2.05, 4.69) is 23.2 Å². The van der Waals surface area contributed by atoms with Crippen LogP contribution in [-0.4, -0.2) is 6.72 Å². The lowest BCUT2D eigenvalue weighted by Crippen LogP contribution is -2.22. The van der Waals surface area contributed by atoms with Crippen molar-refractivity contribution >= 4 is 6.72 Å². The Balaban J connectivity index is 2.83. The van der Waals surface area contributed by atoms with Gasteiger partial charge in [0.25, 0.3) is 0 Å². The van der Waals surface area contributed by atoms with Crippen molar-refractivity contribution in [3.05, 3.63) is 23.5 Å². The van der Waals surface area contributed by atoms with E-state index in [1.807, 2.05) is 6.08 Å². The Bertz CT molecular complexity index is 191. The summed E-state index contributed by atoms with van der Waals surface area (Å²) in [5.74, 6) is 5.22. The molecule has 0 bridgehead atoms. The van der Waals surface area contributed by atoms with Crippen molar-refractivity contribution in [2.75, 3.05) is 0 Å². The number of hydrogen-bond donors (Lipinski definition) is 2. The molecule has 0 aliphatic heterocycles. The molecule has 1 rings (SSSR count). The molecular formula is C7H11N3. The van der Waals surface area contributed by atoms with Crippen molar-refractivity contribution in [2.24, 2.45) is 10.8 Å². The third-order valence-electron chi connectivity index (χ3n) is 1.49. The predicted octanol–water partition coefficient (Wildman–Crippen LogP) is 0.712. The van der Waals surface area contributed by atoms with Crippen LogP contribution in [0.15, 0.2) is 28.5 Å². The lowest BCUT2D eigenvalue weighted by atomic mass is 10.1. The SMILES string of the molecule is C=NC1=C(NN)C=CCC1. The van der Waals surface area contributed by atoms with E-state index >= 15 is 0 Å². The maximum atomic E-state index is 5.22. The van der Waals surface area contributed by atoms with Crippen LogP contribution in [0.1, 0.15) is 12.8 Å². The summed E-state index contributed by atoms with van der Waals surface area (Å²) >= 11 is 0. The van der Waals surface area contributed by atoms with Gasteiger partial charge in [0.1, 0.15) is 0 Å². The molecule has 3 heteroatoms. The molecule has 0 saturated carbocycles. The molecule has 0 aromatic carbocycles. The first-order valence-electron chi connectivity index (χ1n) is 3.21. The van der Waals surface area contributed by atoms with Crippen molar-refractivity contribution in [1.29, 1.82) is 0 Å². The molecule has 54 valence electrons. The van der Waals surface area contributed by atoms with E-state index in [0.717, 1.165) is 24.2 Å². The van der Waals surface area contributed by atoms with E-state index < -0.39 is 0 Å². The Morgan fingerprint density at radius 3 is 3.00 bits per heavy atom. The van der Waals surface area contributed by atoms with Crippen LogP contribution in [0.3, 0.4) is 0 Å². The Labute approximate surface area is 60.3 Å². The Morgan fingerprint density at radius 1 is 1.70 bits per heavy atom. The van der Waals surface area contributed by atoms with Crippen LogP contribution in [0.5, 0.6) is 0 Å². The number of rotatable bonds is 2. The van der Waals surface area contributed by atoms with Crippen LogP contribution >= 0.6 is 0 Å². The van der Waals surface area contributed by atoms with Crippen LogP contribution in [-0.2, 0) is 0 Å². The fraction of sp³-hybridized carbons (Fsp3) is 0.286. The summed E-state index contributed by atoms with van der Waals surface area (Å²) in [5, 5.41) is 0. The monoisotopic (exact) mass is 137 g/mol. The van der Waals surface area contributed by atoms with Gasteiger partial charge < -0.3 is 5.43 Å². The highest BCUT2D eigenvalue weighted by atomic mass is 15.2. The van der Waals surface area contributed by atoms with Crippen molar-refractivity contribution in [2.45, 2.75) is 12.8 Å². The van der Waals surface area contributed by atoms with Crippen molar-refractivity contribution in [1.82, 2.24) is 5.43 Å². The average molecular weight is 137 g/mol. The zero-order valence-electron chi connectivity index (χ0n) is 5.80. The third-order valence-corrected chi connectivity index (χ3v) is 1.49. The van der Waals surface area contributed by atoms with Gasteiger partial charge in [0.15, 0.2) is 0 Å². The van der Waals surface area contributed by atoms with E-state index in [9.17, 15) is 0 Å². The molecule has 0 saturated heterocycles. The number of aliphatic imine (C=N–C) groups is 1. The summed E-state index contributed by atoms with van der Waals surface area (Å²) in [6.07, 6.45) is 5.94. The molecule has 3 N–H and O–H groups in total. The first-order valence-corrected chi connectivity index (χ1v) is 3.21. The van der Waals surface area contributed by atoms with Crippen LogP contribution in [0.4, 0.5) is 0 Å². The van der Waals surface area contributed by atoms with Crippen molar-refractivity contribution in [3.8, 4) is 0 Å². The first-order chi connectivity index (χ1) is 4.88. The Hall–Kier alpha value is -1.09. The molecule has 0 spiro atoms. The number of hydrogen-bond acceptors (Lipinski definition) is 3. The van der Waals surface area contributed by atoms with E-state index in [0.29, 0.717) is 0 Å². The van der Waals surface area contributed by atoms with Gasteiger partial charge in [-0.15, -0.1) is 0 Å². The molecule has 0 amide bonds. The van der Waals surface area contributed by atoms with Crippen molar-refractivity contribution in [3.63, 3.8) is 0 Å². The largest absolute Gasteiger partial charge is 0.322 e. The zero-order valence-corrected chi connectivity index (χ0v) is 5.80. The highest BCUT2D eigenvalue weighted by Gasteiger charge is 2.03. The molecule has 3 nitrogen and oxygen atoms in total. The summed E-state index contributed by atoms with van der Waals surface area (Å²) in [6.45, 7) is 3.45. The average Bonchev–Trinajstić information content (AvgIpc) is 2.04. The summed E-state index contributed by atoms with van der Waals surface area (Å²) in [5.41, 5.74) is 4.39. The summed E-state index contributed by atoms with van der Waals surface area (Å²) in [4.78, 5) is 3.84. The standard InChI is InChI=1S/C7H11N3/c1-9-6-4-2-3-5-7(6)10-8/h3,5,10H,1-2,4,8H2. The molecule has 0 radical (unpaired) electrons. The second-order valence-corrected chi connectivity index (χ2v) is 2.10. The van der Waals surface area contributed by atoms with E-state index in [4.69, 9.17) is 5.84 Å². The highest BCUT2D eigenvalue weighted by Crippen LogP contribution is 2.16. The van der Waals surface area contributed by atoms with E-state index in [1.165, 1.54) is 0 Å². The quantitative estimate of drug-likeness (QED) is 0.334. The van der Waals surface area contributed by atoms with Gasteiger partial charge in [-0.3, -0.25) is 10.8 Å². The number of nitrogens with two attached hydrogens (primary N) is 1. The minimum atomic E-state index is 0.876. The topological polar surface area (TPSA) is 50.4 Å². The Morgan fingerprint density at radius 2 is 2.50 bits per heavy atom. The lowest BCUT2D eigenvalue weighted by Gasteiger charge is -2.10. The Kier molecular flexibility index (Phi) is 2.23. The summed E-state index contributed by atoms with van der Waals surface area (Å²) in [7, 11) is 0. The van der Waals surface area contributed by atoms with Gasteiger partial charge in [0.05, 0.1) is 11.4 Å². The molecular weight excluding hydrogens is 126 g/mol. The predicted molar refractivity (Wildman–Crippen MR) is 42.3 cm³/mol. The minimum Gasteiger partial charge on any atom is -0.322 e. The minimum absolute atomic E-state index is 0.876. The second kappa shape index (κ2) is 3.17. The lowest BCUT2D eigenvalue weighted by molar-refractivity contribution is 0.829. The molecule has 0 fully saturated rings. The van der Waals surface area contributed by atoms with Crippen LogP contribution in [0.25, 0.3) is 0 Å². The number of nitrogens with one attached hydrogen (secondary N) is 1. The fourth-order valence-corrected chi connectivity index (χ4v) is 0.948. The molecule has 0 heterocycles. The maximum Gasteiger partial charge on any atom is 0.0697 e. The number of nitrogens with zero attached hydrogens (tertiary/aromatic N) is 1. The van der Waals surface area contributed by atoms with Crippen LogP contribution < -0.4 is 11.3 Å². The third kappa shape index (κ3) is 1.25. The van der Waals surface area contributed by atoms with Gasteiger partial charge in [0.2, 0.25) is 0 Å². The van der Waals surface area contributed by atoms with E-state index in [1.54, 1.807) is 0 Å². The summed E-state index contributed by atoms with van der Waals surface area (Å²) < 4.78 is 0. The normalized spacial score (nSPS) is 17.3. The molecule has 0 aromatic heterocycles. The smallest absolute Gasteiger partial charge is 0.0697 e. The van der Waals surface area contributed by atoms with E-state index in [-0.39, 0.29) is 0 Å². The zero-order chi connectivity index (χ0) is 7.40. The highest BCUT2D eigenvalue weighted by molar-refractivity contribution is 5.35. The second-order valence-electron chi connectivity index (χ2n) is 2.10. The van der Waals surface area contributed by atoms with Gasteiger partial charge in [-0.25, -0.2) is 0 Å². The molecule has 0 atom stereocenters. The van der Waals surface area contributed by atoms with Gasteiger partial charge >= 0.3 is 0 Å². The molecule has 0 unspecified atom stereocenters. The van der Waals surface area contributed by atoms with Crippen molar-refractivity contribution < 1.29 is 0 Å². The summed E-state index contributed by atoms with van der Waals surface area (Å²) in [6, 6.07) is 0. The van der Waals surface area contributed by atoms with Gasteiger partial charge in [0, 0.05) is 0 Å². The number of hydrazine groups is 1. The van der Waals surface area contributed by atoms with Crippen LogP contribution in [0.2, 0.25) is 0 Å². The van der Waals surface area contributed by atoms with Gasteiger partial charge in [-0.1, -0.05) is 6.08 Å². The van der Waals surface area contributed by atoms with Gasteiger partial charge in [-0.2, -0.15) is 0 Å². The first kappa shape index (κ1) is 7.02.